The van der Waals surface area contributed by atoms with Crippen LogP contribution in [0.3, 0.4) is 0 Å². The van der Waals surface area contributed by atoms with Crippen molar-refractivity contribution in [1.29, 1.82) is 0 Å². The largest absolute Gasteiger partial charge is 0.0928 e. The van der Waals surface area contributed by atoms with E-state index in [1.807, 2.05) is 0 Å². The Morgan fingerprint density at radius 3 is 1.56 bits per heavy atom. The molecule has 0 aliphatic heterocycles. The summed E-state index contributed by atoms with van der Waals surface area (Å²) < 4.78 is 0. The van der Waals surface area contributed by atoms with Crippen LogP contribution in [0, 0.1) is 0 Å². The Balaban J connectivity index is 2.98. The number of halogens is 1. The molecule has 0 fully saturated rings. The number of unbranched alkanes of at least 4 members (excludes halogenated alkanes) is 11. The minimum atomic E-state index is 1.15. The van der Waals surface area contributed by atoms with E-state index in [0.717, 1.165) is 5.33 Å². The molecule has 0 aromatic carbocycles. The maximum absolute atomic E-state index is 3.46. The molecule has 0 aromatic heterocycles. The van der Waals surface area contributed by atoms with Crippen LogP contribution in [0.1, 0.15) is 90.4 Å². The molecule has 0 amide bonds. The van der Waals surface area contributed by atoms with Gasteiger partial charge in [0.25, 0.3) is 0 Å². The first-order chi connectivity index (χ1) is 8.91. The Morgan fingerprint density at radius 1 is 0.611 bits per heavy atom. The van der Waals surface area contributed by atoms with Crippen molar-refractivity contribution in [3.05, 3.63) is 12.2 Å². The Labute approximate surface area is 124 Å². The smallest absolute Gasteiger partial charge is 0.00314 e. The van der Waals surface area contributed by atoms with E-state index in [9.17, 15) is 0 Å². The standard InChI is InChI=1S/C17H33Br/c1-2-3-4-5-6-7-8-9-10-11-12-13-14-15-16-17-18/h12-13H,2-11,14-17H2,1H3. The second-order valence-electron chi connectivity index (χ2n) is 5.27. The van der Waals surface area contributed by atoms with Crippen molar-refractivity contribution in [1.82, 2.24) is 0 Å². The predicted octanol–water partition coefficient (Wildman–Crippen LogP) is 7.03. The second-order valence-corrected chi connectivity index (χ2v) is 6.07. The highest BCUT2D eigenvalue weighted by Crippen LogP contribution is 2.10. The molecule has 0 aromatic rings. The van der Waals surface area contributed by atoms with Crippen LogP contribution in [-0.4, -0.2) is 5.33 Å². The van der Waals surface area contributed by atoms with Crippen molar-refractivity contribution in [2.75, 3.05) is 5.33 Å². The number of rotatable bonds is 14. The van der Waals surface area contributed by atoms with Crippen molar-refractivity contribution < 1.29 is 0 Å². The highest BCUT2D eigenvalue weighted by Gasteiger charge is 1.91. The quantitative estimate of drug-likeness (QED) is 0.183. The lowest BCUT2D eigenvalue weighted by Gasteiger charge is -2.00. The summed E-state index contributed by atoms with van der Waals surface area (Å²) >= 11 is 3.46. The molecule has 0 unspecified atom stereocenters. The molecule has 108 valence electrons. The molecule has 0 heterocycles. The van der Waals surface area contributed by atoms with Gasteiger partial charge in [-0.25, -0.2) is 0 Å². The molecule has 0 saturated carbocycles. The normalized spacial score (nSPS) is 11.4. The van der Waals surface area contributed by atoms with Crippen molar-refractivity contribution in [3.8, 4) is 0 Å². The molecule has 0 aliphatic rings. The van der Waals surface area contributed by atoms with Gasteiger partial charge in [0.2, 0.25) is 0 Å². The van der Waals surface area contributed by atoms with E-state index < -0.39 is 0 Å². The zero-order chi connectivity index (χ0) is 13.3. The van der Waals surface area contributed by atoms with Gasteiger partial charge in [0.1, 0.15) is 0 Å². The van der Waals surface area contributed by atoms with E-state index in [4.69, 9.17) is 0 Å². The van der Waals surface area contributed by atoms with Crippen molar-refractivity contribution >= 4 is 15.9 Å². The Morgan fingerprint density at radius 2 is 1.06 bits per heavy atom. The minimum absolute atomic E-state index is 1.15. The van der Waals surface area contributed by atoms with E-state index in [1.165, 1.54) is 83.5 Å². The second kappa shape index (κ2) is 17.2. The summed E-state index contributed by atoms with van der Waals surface area (Å²) in [5, 5.41) is 1.15. The summed E-state index contributed by atoms with van der Waals surface area (Å²) in [6, 6.07) is 0. The first kappa shape index (κ1) is 18.2. The third-order valence-corrected chi connectivity index (χ3v) is 3.96. The topological polar surface area (TPSA) is 0 Å². The van der Waals surface area contributed by atoms with Gasteiger partial charge in [0.15, 0.2) is 0 Å². The molecule has 0 spiro atoms. The van der Waals surface area contributed by atoms with Gasteiger partial charge >= 0.3 is 0 Å². The molecule has 0 atom stereocenters. The molecular formula is C17H33Br. The predicted molar refractivity (Wildman–Crippen MR) is 88.6 cm³/mol. The van der Waals surface area contributed by atoms with Gasteiger partial charge in [0.05, 0.1) is 0 Å². The maximum Gasteiger partial charge on any atom is 0.00314 e. The molecule has 0 saturated heterocycles. The van der Waals surface area contributed by atoms with Crippen molar-refractivity contribution in [3.63, 3.8) is 0 Å². The van der Waals surface area contributed by atoms with Crippen LogP contribution in [0.2, 0.25) is 0 Å². The third kappa shape index (κ3) is 16.2. The summed E-state index contributed by atoms with van der Waals surface area (Å²) in [6.07, 6.45) is 22.8. The number of hydrogen-bond acceptors (Lipinski definition) is 0. The molecule has 0 radical (unpaired) electrons. The zero-order valence-electron chi connectivity index (χ0n) is 12.4. The molecule has 0 rings (SSSR count). The van der Waals surface area contributed by atoms with Crippen LogP contribution < -0.4 is 0 Å². The van der Waals surface area contributed by atoms with Crippen LogP contribution in [0.5, 0.6) is 0 Å². The molecule has 0 N–H and O–H groups in total. The van der Waals surface area contributed by atoms with E-state index in [0.29, 0.717) is 0 Å². The average Bonchev–Trinajstić information content (AvgIpc) is 2.39. The first-order valence-corrected chi connectivity index (χ1v) is 9.25. The lowest BCUT2D eigenvalue weighted by Crippen LogP contribution is -1.80. The Hall–Kier alpha value is 0.220. The summed E-state index contributed by atoms with van der Waals surface area (Å²) in [5.41, 5.74) is 0. The summed E-state index contributed by atoms with van der Waals surface area (Å²) in [4.78, 5) is 0. The Bertz CT molecular complexity index is 163. The van der Waals surface area contributed by atoms with Gasteiger partial charge in [-0.05, 0) is 32.1 Å². The molecule has 0 aliphatic carbocycles. The van der Waals surface area contributed by atoms with Gasteiger partial charge in [-0.2, -0.15) is 0 Å². The maximum atomic E-state index is 3.46. The fourth-order valence-electron chi connectivity index (χ4n) is 2.17. The highest BCUT2D eigenvalue weighted by atomic mass is 79.9. The minimum Gasteiger partial charge on any atom is -0.0928 e. The van der Waals surface area contributed by atoms with E-state index in [1.54, 1.807) is 0 Å². The molecule has 0 nitrogen and oxygen atoms in total. The van der Waals surface area contributed by atoms with Gasteiger partial charge in [-0.3, -0.25) is 0 Å². The lowest BCUT2D eigenvalue weighted by atomic mass is 10.1. The fourth-order valence-corrected chi connectivity index (χ4v) is 2.56. The number of alkyl halides is 1. The SMILES string of the molecule is CCCCCCCCCCCC=CCCCCBr. The molecule has 18 heavy (non-hydrogen) atoms. The number of allylic oxidation sites excluding steroid dienone is 2. The van der Waals surface area contributed by atoms with Crippen molar-refractivity contribution in [2.45, 2.75) is 90.4 Å². The summed E-state index contributed by atoms with van der Waals surface area (Å²) in [5.74, 6) is 0. The summed E-state index contributed by atoms with van der Waals surface area (Å²) in [6.45, 7) is 2.29. The molecule has 1 heteroatoms. The zero-order valence-corrected chi connectivity index (χ0v) is 14.0. The van der Waals surface area contributed by atoms with Crippen LogP contribution >= 0.6 is 15.9 Å². The first-order valence-electron chi connectivity index (χ1n) is 8.12. The highest BCUT2D eigenvalue weighted by molar-refractivity contribution is 9.09. The van der Waals surface area contributed by atoms with Gasteiger partial charge in [-0.15, -0.1) is 0 Å². The van der Waals surface area contributed by atoms with E-state index in [-0.39, 0.29) is 0 Å². The van der Waals surface area contributed by atoms with Gasteiger partial charge in [0, 0.05) is 5.33 Å². The van der Waals surface area contributed by atoms with E-state index >= 15 is 0 Å². The molecule has 0 bridgehead atoms. The van der Waals surface area contributed by atoms with Gasteiger partial charge in [-0.1, -0.05) is 86.4 Å². The summed E-state index contributed by atoms with van der Waals surface area (Å²) in [7, 11) is 0. The fraction of sp³-hybridized carbons (Fsp3) is 0.882. The third-order valence-electron chi connectivity index (χ3n) is 3.40. The van der Waals surface area contributed by atoms with Gasteiger partial charge < -0.3 is 0 Å². The van der Waals surface area contributed by atoms with Crippen LogP contribution in [0.15, 0.2) is 12.2 Å². The van der Waals surface area contributed by atoms with Crippen LogP contribution in [-0.2, 0) is 0 Å². The lowest BCUT2D eigenvalue weighted by molar-refractivity contribution is 0.566. The Kier molecular flexibility index (Phi) is 17.4. The van der Waals surface area contributed by atoms with Crippen LogP contribution in [0.25, 0.3) is 0 Å². The average molecular weight is 317 g/mol. The van der Waals surface area contributed by atoms with Crippen molar-refractivity contribution in [2.24, 2.45) is 0 Å². The monoisotopic (exact) mass is 316 g/mol. The molecular weight excluding hydrogens is 284 g/mol. The van der Waals surface area contributed by atoms with E-state index in [2.05, 4.69) is 35.0 Å². The van der Waals surface area contributed by atoms with Crippen LogP contribution in [0.4, 0.5) is 0 Å². The number of hydrogen-bond donors (Lipinski definition) is 0.